The fourth-order valence-corrected chi connectivity index (χ4v) is 5.65. The summed E-state index contributed by atoms with van der Waals surface area (Å²) in [7, 11) is 0. The van der Waals surface area contributed by atoms with Crippen molar-refractivity contribution in [1.29, 1.82) is 0 Å². The number of nitrogens with two attached hydrogens (primary N) is 1. The van der Waals surface area contributed by atoms with Crippen molar-refractivity contribution in [3.8, 4) is 0 Å². The molecule has 2 saturated heterocycles. The minimum Gasteiger partial charge on any atom is -0.397 e. The Hall–Kier alpha value is -1.57. The predicted octanol–water partition coefficient (Wildman–Crippen LogP) is 4.07. The summed E-state index contributed by atoms with van der Waals surface area (Å²) in [6, 6.07) is 10.7. The highest BCUT2D eigenvalue weighted by Crippen LogP contribution is 2.31. The minimum atomic E-state index is 0.0331. The Morgan fingerprint density at radius 3 is 2.47 bits per heavy atom. The van der Waals surface area contributed by atoms with Gasteiger partial charge in [0, 0.05) is 49.8 Å². The molecular weight excluding hydrogens is 445 g/mol. The van der Waals surface area contributed by atoms with Gasteiger partial charge in [0.1, 0.15) is 5.82 Å². The molecule has 0 bridgehead atoms. The van der Waals surface area contributed by atoms with Crippen LogP contribution in [-0.4, -0.2) is 71.3 Å². The molecule has 1 aromatic heterocycles. The molecule has 0 amide bonds. The maximum absolute atomic E-state index is 10.1. The van der Waals surface area contributed by atoms with Crippen molar-refractivity contribution >= 4 is 34.7 Å². The summed E-state index contributed by atoms with van der Waals surface area (Å²) in [4.78, 5) is 11.9. The number of aliphatic hydroxyl groups is 1. The molecule has 8 heteroatoms. The van der Waals surface area contributed by atoms with Crippen molar-refractivity contribution in [3.63, 3.8) is 0 Å². The molecule has 2 aliphatic heterocycles. The molecule has 1 aromatic carbocycles. The second-order valence-corrected chi connectivity index (χ2v) is 9.68. The lowest BCUT2D eigenvalue weighted by Crippen LogP contribution is -2.58. The molecule has 3 N–H and O–H groups in total. The zero-order valence-electron chi connectivity index (χ0n) is 18.6. The summed E-state index contributed by atoms with van der Waals surface area (Å²) in [5.74, 6) is 0.836. The number of pyridine rings is 1. The average Bonchev–Trinajstić information content (AvgIpc) is 2.81. The van der Waals surface area contributed by atoms with Gasteiger partial charge in [-0.2, -0.15) is 0 Å². The van der Waals surface area contributed by atoms with Crippen LogP contribution < -0.4 is 10.6 Å². The quantitative estimate of drug-likeness (QED) is 0.653. The number of rotatable bonds is 6. The van der Waals surface area contributed by atoms with Crippen LogP contribution in [-0.2, 0) is 0 Å². The lowest BCUT2D eigenvalue weighted by Gasteiger charge is -2.48. The Morgan fingerprint density at radius 2 is 1.84 bits per heavy atom. The van der Waals surface area contributed by atoms with Gasteiger partial charge in [0.05, 0.1) is 29.6 Å². The van der Waals surface area contributed by atoms with E-state index < -0.39 is 0 Å². The van der Waals surface area contributed by atoms with Crippen molar-refractivity contribution in [2.45, 2.75) is 44.3 Å². The van der Waals surface area contributed by atoms with Gasteiger partial charge in [0.15, 0.2) is 0 Å². The topological polar surface area (TPSA) is 68.9 Å². The van der Waals surface area contributed by atoms with Gasteiger partial charge in [-0.15, -0.1) is 0 Å². The fraction of sp³-hybridized carbons (Fsp3) is 0.542. The van der Waals surface area contributed by atoms with Crippen LogP contribution in [0.3, 0.4) is 0 Å². The number of likely N-dealkylation sites (tertiary alicyclic amines) is 1. The Morgan fingerprint density at radius 1 is 1.12 bits per heavy atom. The molecule has 2 fully saturated rings. The van der Waals surface area contributed by atoms with Gasteiger partial charge in [0.25, 0.3) is 0 Å². The first-order valence-electron chi connectivity index (χ1n) is 11.5. The predicted molar refractivity (Wildman–Crippen MR) is 133 cm³/mol. The highest BCUT2D eigenvalue weighted by atomic mass is 35.5. The number of aromatic nitrogens is 1. The molecule has 32 heavy (non-hydrogen) atoms. The van der Waals surface area contributed by atoms with Crippen molar-refractivity contribution in [1.82, 2.24) is 14.8 Å². The molecule has 2 unspecified atom stereocenters. The molecule has 0 saturated carbocycles. The summed E-state index contributed by atoms with van der Waals surface area (Å²) in [6.07, 6.45) is 5.00. The third-order valence-electron chi connectivity index (χ3n) is 6.98. The van der Waals surface area contributed by atoms with Crippen LogP contribution in [0.1, 0.15) is 37.8 Å². The highest BCUT2D eigenvalue weighted by Gasteiger charge is 2.35. The second kappa shape index (κ2) is 10.6. The van der Waals surface area contributed by atoms with E-state index in [1.54, 1.807) is 12.3 Å². The van der Waals surface area contributed by atoms with Gasteiger partial charge in [-0.05, 0) is 43.0 Å². The van der Waals surface area contributed by atoms with E-state index in [1.807, 2.05) is 24.3 Å². The second-order valence-electron chi connectivity index (χ2n) is 8.84. The Kier molecular flexibility index (Phi) is 7.79. The molecule has 174 valence electrons. The van der Waals surface area contributed by atoms with Crippen LogP contribution in [0.5, 0.6) is 0 Å². The van der Waals surface area contributed by atoms with Crippen molar-refractivity contribution in [2.75, 3.05) is 50.0 Å². The van der Waals surface area contributed by atoms with E-state index in [2.05, 4.69) is 26.6 Å². The Bertz CT molecular complexity index is 888. The molecule has 2 aromatic rings. The number of piperazine rings is 1. The zero-order valence-corrected chi connectivity index (χ0v) is 20.1. The van der Waals surface area contributed by atoms with E-state index in [0.29, 0.717) is 22.8 Å². The van der Waals surface area contributed by atoms with Crippen molar-refractivity contribution < 1.29 is 5.11 Å². The molecule has 4 rings (SSSR count). The smallest absolute Gasteiger partial charge is 0.147 e. The first-order valence-corrected chi connectivity index (χ1v) is 12.3. The number of hydrogen-bond donors (Lipinski definition) is 2. The molecule has 6 nitrogen and oxygen atoms in total. The molecule has 2 atom stereocenters. The van der Waals surface area contributed by atoms with E-state index >= 15 is 0 Å². The lowest BCUT2D eigenvalue weighted by atomic mass is 9.96. The van der Waals surface area contributed by atoms with Crippen LogP contribution in [0.2, 0.25) is 10.0 Å². The monoisotopic (exact) mass is 477 g/mol. The number of nitrogens with zero attached hydrogens (tertiary/aromatic N) is 4. The molecular formula is C24H33Cl2N5O. The number of aliphatic hydroxyl groups excluding tert-OH is 1. The van der Waals surface area contributed by atoms with E-state index in [-0.39, 0.29) is 12.6 Å². The van der Waals surface area contributed by atoms with E-state index in [9.17, 15) is 5.11 Å². The molecule has 2 aliphatic rings. The number of piperidine rings is 1. The third-order valence-corrected chi connectivity index (χ3v) is 7.51. The average molecular weight is 478 g/mol. The normalized spacial score (nSPS) is 22.2. The van der Waals surface area contributed by atoms with Crippen LogP contribution in [0.15, 0.2) is 36.5 Å². The van der Waals surface area contributed by atoms with Crippen LogP contribution in [0, 0.1) is 0 Å². The Labute approximate surface area is 200 Å². The van der Waals surface area contributed by atoms with Crippen molar-refractivity contribution in [2.24, 2.45) is 0 Å². The highest BCUT2D eigenvalue weighted by molar-refractivity contribution is 6.33. The maximum atomic E-state index is 10.1. The number of halogens is 2. The zero-order chi connectivity index (χ0) is 22.7. The van der Waals surface area contributed by atoms with Crippen LogP contribution in [0.25, 0.3) is 0 Å². The van der Waals surface area contributed by atoms with Gasteiger partial charge in [-0.1, -0.05) is 42.3 Å². The first kappa shape index (κ1) is 23.6. The fourth-order valence-electron chi connectivity index (χ4n) is 5.23. The van der Waals surface area contributed by atoms with E-state index in [0.717, 1.165) is 68.4 Å². The van der Waals surface area contributed by atoms with Gasteiger partial charge in [-0.3, -0.25) is 9.80 Å². The van der Waals surface area contributed by atoms with Gasteiger partial charge in [0.2, 0.25) is 0 Å². The lowest BCUT2D eigenvalue weighted by molar-refractivity contribution is 0.0356. The maximum Gasteiger partial charge on any atom is 0.147 e. The van der Waals surface area contributed by atoms with Crippen molar-refractivity contribution in [3.05, 3.63) is 52.1 Å². The summed E-state index contributed by atoms with van der Waals surface area (Å²) < 4.78 is 0. The standard InChI is InChI=1S/C24H33Cl2N5O/c1-2-20-15-30(24-22(26)13-19(27)14-28-24)11-12-31(20)21-7-9-29(10-8-21)23(16-32)17-3-5-18(25)6-4-17/h3-6,13-14,20-21,23,32H,2,7-12,15-16,27H2,1H3. The molecule has 3 heterocycles. The largest absolute Gasteiger partial charge is 0.397 e. The van der Waals surface area contributed by atoms with Gasteiger partial charge >= 0.3 is 0 Å². The third kappa shape index (κ3) is 5.15. The summed E-state index contributed by atoms with van der Waals surface area (Å²) in [5.41, 5.74) is 7.54. The van der Waals surface area contributed by atoms with Crippen LogP contribution in [0.4, 0.5) is 11.5 Å². The number of benzene rings is 1. The number of hydrogen-bond acceptors (Lipinski definition) is 6. The molecule has 0 radical (unpaired) electrons. The van der Waals surface area contributed by atoms with Crippen LogP contribution >= 0.6 is 23.2 Å². The summed E-state index contributed by atoms with van der Waals surface area (Å²) >= 11 is 12.5. The molecule has 0 spiro atoms. The number of nitrogen functional groups attached to an aromatic ring is 1. The Balaban J connectivity index is 1.37. The molecule has 0 aliphatic carbocycles. The van der Waals surface area contributed by atoms with E-state index in [1.165, 1.54) is 0 Å². The summed E-state index contributed by atoms with van der Waals surface area (Å²) in [5, 5.41) is 11.4. The van der Waals surface area contributed by atoms with E-state index in [4.69, 9.17) is 28.9 Å². The first-order chi connectivity index (χ1) is 15.5. The number of anilines is 2. The van der Waals surface area contributed by atoms with Gasteiger partial charge in [-0.25, -0.2) is 4.98 Å². The minimum absolute atomic E-state index is 0.0331. The SMILES string of the molecule is CCC1CN(c2ncc(N)cc2Cl)CCN1C1CCN(C(CO)c2ccc(Cl)cc2)CC1. The van der Waals surface area contributed by atoms with Gasteiger partial charge < -0.3 is 15.7 Å². The summed E-state index contributed by atoms with van der Waals surface area (Å²) in [6.45, 7) is 7.20.